The zero-order valence-corrected chi connectivity index (χ0v) is 10.1. The van der Waals surface area contributed by atoms with Gasteiger partial charge in [0.05, 0.1) is 0 Å². The van der Waals surface area contributed by atoms with Crippen molar-refractivity contribution in [1.82, 2.24) is 9.97 Å². The third-order valence-electron chi connectivity index (χ3n) is 2.37. The van der Waals surface area contributed by atoms with Crippen LogP contribution in [0.5, 0.6) is 0 Å². The highest BCUT2D eigenvalue weighted by atomic mass is 79.9. The molecule has 0 bridgehead atoms. The fourth-order valence-electron chi connectivity index (χ4n) is 1.71. The maximum atomic E-state index is 4.32. The van der Waals surface area contributed by atoms with Gasteiger partial charge in [0.2, 0.25) is 5.95 Å². The molecule has 14 heavy (non-hydrogen) atoms. The number of halogens is 1. The average molecular weight is 256 g/mol. The molecule has 1 aromatic rings. The van der Waals surface area contributed by atoms with Gasteiger partial charge in [-0.3, -0.25) is 0 Å². The minimum atomic E-state index is 0.428. The topological polar surface area (TPSA) is 29.0 Å². The molecule has 2 rings (SSSR count). The first-order chi connectivity index (χ1) is 6.61. The van der Waals surface area contributed by atoms with Gasteiger partial charge >= 0.3 is 0 Å². The van der Waals surface area contributed by atoms with Crippen molar-refractivity contribution in [3.8, 4) is 0 Å². The highest BCUT2D eigenvalue weighted by molar-refractivity contribution is 9.08. The molecule has 1 saturated heterocycles. The van der Waals surface area contributed by atoms with E-state index < -0.39 is 0 Å². The summed E-state index contributed by atoms with van der Waals surface area (Å²) in [5, 5.41) is 0.818. The summed E-state index contributed by atoms with van der Waals surface area (Å²) in [4.78, 5) is 10.9. The second kappa shape index (κ2) is 3.50. The minimum Gasteiger partial charge on any atom is -0.340 e. The van der Waals surface area contributed by atoms with Crippen molar-refractivity contribution in [2.45, 2.75) is 19.2 Å². The molecule has 1 aromatic heterocycles. The number of alkyl halides is 1. The fourth-order valence-corrected chi connectivity index (χ4v) is 2.00. The Morgan fingerprint density at radius 2 is 1.93 bits per heavy atom. The maximum absolute atomic E-state index is 4.32. The molecule has 76 valence electrons. The molecular formula is C10H14BrN3. The van der Waals surface area contributed by atoms with Crippen molar-refractivity contribution in [3.05, 3.63) is 18.0 Å². The van der Waals surface area contributed by atoms with Crippen LogP contribution in [0.3, 0.4) is 0 Å². The smallest absolute Gasteiger partial charge is 0.225 e. The van der Waals surface area contributed by atoms with E-state index in [9.17, 15) is 0 Å². The lowest BCUT2D eigenvalue weighted by Gasteiger charge is -2.45. The second-order valence-electron chi connectivity index (χ2n) is 4.55. The van der Waals surface area contributed by atoms with Gasteiger partial charge in [-0.25, -0.2) is 9.97 Å². The lowest BCUT2D eigenvalue weighted by atomic mass is 9.85. The van der Waals surface area contributed by atoms with Crippen LogP contribution in [0.25, 0.3) is 0 Å². The van der Waals surface area contributed by atoms with Crippen LogP contribution in [0.1, 0.15) is 19.4 Å². The Kier molecular flexibility index (Phi) is 2.47. The Morgan fingerprint density at radius 1 is 1.36 bits per heavy atom. The van der Waals surface area contributed by atoms with Crippen LogP contribution in [0.2, 0.25) is 0 Å². The molecule has 0 aromatic carbocycles. The van der Waals surface area contributed by atoms with Crippen LogP contribution in [0.15, 0.2) is 12.4 Å². The zero-order valence-electron chi connectivity index (χ0n) is 8.50. The molecular weight excluding hydrogens is 242 g/mol. The summed E-state index contributed by atoms with van der Waals surface area (Å²) in [5.74, 6) is 0.856. The molecule has 0 spiro atoms. The van der Waals surface area contributed by atoms with Crippen molar-refractivity contribution >= 4 is 21.9 Å². The van der Waals surface area contributed by atoms with Gasteiger partial charge in [0.1, 0.15) is 0 Å². The van der Waals surface area contributed by atoms with Gasteiger partial charge in [-0.2, -0.15) is 0 Å². The lowest BCUT2D eigenvalue weighted by Crippen LogP contribution is -2.53. The number of nitrogens with zero attached hydrogens (tertiary/aromatic N) is 3. The minimum absolute atomic E-state index is 0.428. The van der Waals surface area contributed by atoms with Crippen molar-refractivity contribution in [2.75, 3.05) is 18.0 Å². The molecule has 4 heteroatoms. The zero-order chi connectivity index (χ0) is 10.2. The highest BCUT2D eigenvalue weighted by Gasteiger charge is 2.35. The largest absolute Gasteiger partial charge is 0.340 e. The van der Waals surface area contributed by atoms with Crippen molar-refractivity contribution in [3.63, 3.8) is 0 Å². The van der Waals surface area contributed by atoms with Gasteiger partial charge < -0.3 is 4.90 Å². The first kappa shape index (κ1) is 9.90. The van der Waals surface area contributed by atoms with Crippen LogP contribution in [-0.4, -0.2) is 23.1 Å². The molecule has 0 amide bonds. The Labute approximate surface area is 92.7 Å². The number of hydrogen-bond acceptors (Lipinski definition) is 3. The SMILES string of the molecule is CC1(C)CN(c2ncc(CBr)cn2)C1. The van der Waals surface area contributed by atoms with E-state index in [0.717, 1.165) is 29.9 Å². The number of aromatic nitrogens is 2. The summed E-state index contributed by atoms with van der Waals surface area (Å²) in [6.07, 6.45) is 3.75. The Morgan fingerprint density at radius 3 is 2.36 bits per heavy atom. The molecule has 1 fully saturated rings. The van der Waals surface area contributed by atoms with Crippen LogP contribution < -0.4 is 4.90 Å². The Balaban J connectivity index is 2.05. The summed E-state index contributed by atoms with van der Waals surface area (Å²) >= 11 is 3.37. The number of hydrogen-bond donors (Lipinski definition) is 0. The average Bonchev–Trinajstić information content (AvgIpc) is 2.14. The van der Waals surface area contributed by atoms with E-state index in [1.165, 1.54) is 0 Å². The lowest BCUT2D eigenvalue weighted by molar-refractivity contribution is 0.272. The number of anilines is 1. The van der Waals surface area contributed by atoms with Gasteiger partial charge in [0.25, 0.3) is 0 Å². The van der Waals surface area contributed by atoms with Gasteiger partial charge in [0, 0.05) is 30.8 Å². The van der Waals surface area contributed by atoms with Gasteiger partial charge in [-0.05, 0) is 11.0 Å². The highest BCUT2D eigenvalue weighted by Crippen LogP contribution is 2.31. The first-order valence-electron chi connectivity index (χ1n) is 4.72. The summed E-state index contributed by atoms with van der Waals surface area (Å²) in [6, 6.07) is 0. The molecule has 1 aliphatic rings. The third kappa shape index (κ3) is 1.90. The van der Waals surface area contributed by atoms with E-state index in [4.69, 9.17) is 0 Å². The molecule has 1 aliphatic heterocycles. The van der Waals surface area contributed by atoms with Crippen molar-refractivity contribution in [2.24, 2.45) is 5.41 Å². The summed E-state index contributed by atoms with van der Waals surface area (Å²) in [5.41, 5.74) is 1.55. The predicted octanol–water partition coefficient (Wildman–Crippen LogP) is 2.22. The number of rotatable bonds is 2. The van der Waals surface area contributed by atoms with Crippen molar-refractivity contribution < 1.29 is 0 Å². The third-order valence-corrected chi connectivity index (χ3v) is 3.01. The van der Waals surface area contributed by atoms with Crippen LogP contribution in [0, 0.1) is 5.41 Å². The molecule has 2 heterocycles. The van der Waals surface area contributed by atoms with E-state index in [1.807, 2.05) is 12.4 Å². The molecule has 0 N–H and O–H groups in total. The van der Waals surface area contributed by atoms with E-state index in [2.05, 4.69) is 44.6 Å². The van der Waals surface area contributed by atoms with Crippen LogP contribution in [0.4, 0.5) is 5.95 Å². The van der Waals surface area contributed by atoms with E-state index in [0.29, 0.717) is 5.41 Å². The molecule has 0 unspecified atom stereocenters. The normalized spacial score (nSPS) is 19.2. The summed E-state index contributed by atoms with van der Waals surface area (Å²) in [6.45, 7) is 6.63. The summed E-state index contributed by atoms with van der Waals surface area (Å²) in [7, 11) is 0. The predicted molar refractivity (Wildman–Crippen MR) is 60.7 cm³/mol. The quantitative estimate of drug-likeness (QED) is 0.760. The maximum Gasteiger partial charge on any atom is 0.225 e. The second-order valence-corrected chi connectivity index (χ2v) is 5.11. The molecule has 0 aliphatic carbocycles. The molecule has 3 nitrogen and oxygen atoms in total. The molecule has 0 atom stereocenters. The molecule has 0 radical (unpaired) electrons. The van der Waals surface area contributed by atoms with Gasteiger partial charge in [-0.1, -0.05) is 29.8 Å². The van der Waals surface area contributed by atoms with E-state index >= 15 is 0 Å². The van der Waals surface area contributed by atoms with Gasteiger partial charge in [0.15, 0.2) is 0 Å². The van der Waals surface area contributed by atoms with Gasteiger partial charge in [-0.15, -0.1) is 0 Å². The monoisotopic (exact) mass is 255 g/mol. The van der Waals surface area contributed by atoms with E-state index in [-0.39, 0.29) is 0 Å². The first-order valence-corrected chi connectivity index (χ1v) is 5.85. The Bertz CT molecular complexity index is 313. The summed E-state index contributed by atoms with van der Waals surface area (Å²) < 4.78 is 0. The van der Waals surface area contributed by atoms with Crippen LogP contribution in [-0.2, 0) is 5.33 Å². The van der Waals surface area contributed by atoms with Crippen LogP contribution >= 0.6 is 15.9 Å². The fraction of sp³-hybridized carbons (Fsp3) is 0.600. The Hall–Kier alpha value is -0.640. The van der Waals surface area contributed by atoms with Crippen molar-refractivity contribution in [1.29, 1.82) is 0 Å². The standard InChI is InChI=1S/C10H14BrN3/c1-10(2)6-14(7-10)9-12-4-8(3-11)5-13-9/h4-5H,3,6-7H2,1-2H3. The molecule has 0 saturated carbocycles. The van der Waals surface area contributed by atoms with E-state index in [1.54, 1.807) is 0 Å².